The zero-order valence-electron chi connectivity index (χ0n) is 11.1. The maximum atomic E-state index is 12.8. The number of carbonyl (C=O) groups excluding carboxylic acids is 1. The molecular weight excluding hydrogens is 275 g/mol. The summed E-state index contributed by atoms with van der Waals surface area (Å²) in [5, 5.41) is 11.2. The van der Waals surface area contributed by atoms with Gasteiger partial charge in [-0.25, -0.2) is 0 Å². The van der Waals surface area contributed by atoms with Crippen LogP contribution in [0.4, 0.5) is 13.2 Å². The second-order valence-electron chi connectivity index (χ2n) is 4.35. The van der Waals surface area contributed by atoms with Crippen LogP contribution in [0.5, 0.6) is 5.75 Å². The monoisotopic (exact) mass is 291 g/mol. The number of nitrogens with one attached hydrogen (secondary N) is 1. The minimum atomic E-state index is -4.55. The highest BCUT2D eigenvalue weighted by atomic mass is 19.4. The van der Waals surface area contributed by atoms with Crippen LogP contribution in [0, 0.1) is 0 Å². The van der Waals surface area contributed by atoms with E-state index in [9.17, 15) is 18.0 Å². The first kappa shape index (κ1) is 16.3. The molecule has 0 radical (unpaired) electrons. The fourth-order valence-electron chi connectivity index (χ4n) is 1.45. The van der Waals surface area contributed by atoms with E-state index >= 15 is 0 Å². The number of para-hydroxylation sites is 1. The van der Waals surface area contributed by atoms with E-state index in [4.69, 9.17) is 9.84 Å². The summed E-state index contributed by atoms with van der Waals surface area (Å²) in [7, 11) is 0. The first-order valence-electron chi connectivity index (χ1n) is 5.99. The van der Waals surface area contributed by atoms with Gasteiger partial charge in [0.1, 0.15) is 5.75 Å². The van der Waals surface area contributed by atoms with E-state index < -0.39 is 35.5 Å². The van der Waals surface area contributed by atoms with Gasteiger partial charge in [-0.3, -0.25) is 4.79 Å². The van der Waals surface area contributed by atoms with E-state index in [1.54, 1.807) is 6.92 Å². The van der Waals surface area contributed by atoms with Crippen molar-refractivity contribution in [2.75, 3.05) is 6.61 Å². The smallest absolute Gasteiger partial charge is 0.419 e. The molecule has 1 aromatic rings. The van der Waals surface area contributed by atoms with Gasteiger partial charge < -0.3 is 15.2 Å². The fraction of sp³-hybridized carbons (Fsp3) is 0.462. The summed E-state index contributed by atoms with van der Waals surface area (Å²) in [6.45, 7) is 2.64. The van der Waals surface area contributed by atoms with Crippen LogP contribution in [0.1, 0.15) is 19.4 Å². The molecule has 0 aliphatic rings. The number of benzene rings is 1. The van der Waals surface area contributed by atoms with Crippen molar-refractivity contribution in [2.45, 2.75) is 32.2 Å². The van der Waals surface area contributed by atoms with E-state index in [0.29, 0.717) is 0 Å². The molecule has 2 N–H and O–H groups in total. The van der Waals surface area contributed by atoms with Gasteiger partial charge in [0.05, 0.1) is 12.2 Å². The van der Waals surface area contributed by atoms with Crippen LogP contribution in [-0.4, -0.2) is 29.8 Å². The maximum absolute atomic E-state index is 12.8. The van der Waals surface area contributed by atoms with Crippen LogP contribution in [-0.2, 0) is 11.0 Å². The number of carbonyl (C=O) groups is 1. The zero-order valence-corrected chi connectivity index (χ0v) is 11.1. The number of aliphatic hydroxyl groups excluding tert-OH is 1. The molecule has 0 aliphatic heterocycles. The van der Waals surface area contributed by atoms with Gasteiger partial charge in [0.2, 0.25) is 0 Å². The molecule has 2 atom stereocenters. The molecule has 0 bridgehead atoms. The molecule has 112 valence electrons. The normalized spacial score (nSPS) is 14.5. The summed E-state index contributed by atoms with van der Waals surface area (Å²) >= 11 is 0. The van der Waals surface area contributed by atoms with Crippen LogP contribution in [0.2, 0.25) is 0 Å². The summed E-state index contributed by atoms with van der Waals surface area (Å²) in [5.74, 6) is -0.997. The van der Waals surface area contributed by atoms with E-state index in [1.165, 1.54) is 19.1 Å². The summed E-state index contributed by atoms with van der Waals surface area (Å²) in [6.07, 6.45) is -5.65. The Morgan fingerprint density at radius 2 is 1.95 bits per heavy atom. The Hall–Kier alpha value is -1.76. The number of rotatable bonds is 5. The first-order chi connectivity index (χ1) is 9.25. The molecule has 0 fully saturated rings. The molecule has 0 aliphatic carbocycles. The molecule has 20 heavy (non-hydrogen) atoms. The first-order valence-corrected chi connectivity index (χ1v) is 5.99. The van der Waals surface area contributed by atoms with Gasteiger partial charge >= 0.3 is 6.18 Å². The summed E-state index contributed by atoms with van der Waals surface area (Å²) < 4.78 is 43.3. The van der Waals surface area contributed by atoms with Gasteiger partial charge in [-0.15, -0.1) is 0 Å². The Morgan fingerprint density at radius 3 is 2.50 bits per heavy atom. The molecule has 0 spiro atoms. The van der Waals surface area contributed by atoms with E-state index in [1.807, 2.05) is 0 Å². The average Bonchev–Trinajstić information content (AvgIpc) is 2.37. The lowest BCUT2D eigenvalue weighted by molar-refractivity contribution is -0.140. The fourth-order valence-corrected chi connectivity index (χ4v) is 1.45. The molecular formula is C13H16F3NO3. The molecule has 0 saturated carbocycles. The van der Waals surface area contributed by atoms with Gasteiger partial charge in [0.15, 0.2) is 6.10 Å². The number of alkyl halides is 3. The Balaban J connectivity index is 2.81. The average molecular weight is 291 g/mol. The van der Waals surface area contributed by atoms with Crippen molar-refractivity contribution in [3.8, 4) is 5.75 Å². The SMILES string of the molecule is CC(CO)NC(=O)C(C)Oc1ccccc1C(F)(F)F. The highest BCUT2D eigenvalue weighted by molar-refractivity contribution is 5.81. The summed E-state index contributed by atoms with van der Waals surface area (Å²) in [6, 6.07) is 4.18. The summed E-state index contributed by atoms with van der Waals surface area (Å²) in [5.41, 5.74) is -0.935. The minimum Gasteiger partial charge on any atom is -0.480 e. The second-order valence-corrected chi connectivity index (χ2v) is 4.35. The molecule has 0 aromatic heterocycles. The number of hydrogen-bond donors (Lipinski definition) is 2. The zero-order chi connectivity index (χ0) is 15.3. The molecule has 1 aromatic carbocycles. The number of halogens is 3. The van der Waals surface area contributed by atoms with E-state index in [0.717, 1.165) is 12.1 Å². The number of hydrogen-bond acceptors (Lipinski definition) is 3. The maximum Gasteiger partial charge on any atom is 0.419 e. The molecule has 7 heteroatoms. The second kappa shape index (κ2) is 6.60. The highest BCUT2D eigenvalue weighted by Gasteiger charge is 2.34. The Morgan fingerprint density at radius 1 is 1.35 bits per heavy atom. The van der Waals surface area contributed by atoms with Crippen molar-refractivity contribution in [3.05, 3.63) is 29.8 Å². The van der Waals surface area contributed by atoms with Crippen molar-refractivity contribution < 1.29 is 27.8 Å². The van der Waals surface area contributed by atoms with Crippen LogP contribution in [0.25, 0.3) is 0 Å². The predicted octanol–water partition coefficient (Wildman–Crippen LogP) is 1.97. The standard InChI is InChI=1S/C13H16F3NO3/c1-8(7-18)17-12(19)9(2)20-11-6-4-3-5-10(11)13(14,15)16/h3-6,8-9,18H,7H2,1-2H3,(H,17,19). The topological polar surface area (TPSA) is 58.6 Å². The van der Waals surface area contributed by atoms with Gasteiger partial charge in [0.25, 0.3) is 5.91 Å². The molecule has 4 nitrogen and oxygen atoms in total. The van der Waals surface area contributed by atoms with Crippen LogP contribution in [0.15, 0.2) is 24.3 Å². The van der Waals surface area contributed by atoms with Crippen LogP contribution >= 0.6 is 0 Å². The molecule has 0 saturated heterocycles. The molecule has 0 heterocycles. The summed E-state index contributed by atoms with van der Waals surface area (Å²) in [4.78, 5) is 11.6. The van der Waals surface area contributed by atoms with Crippen LogP contribution in [0.3, 0.4) is 0 Å². The molecule has 1 rings (SSSR count). The molecule has 1 amide bonds. The number of aliphatic hydroxyl groups is 1. The lowest BCUT2D eigenvalue weighted by atomic mass is 10.2. The third-order valence-electron chi connectivity index (χ3n) is 2.53. The van der Waals surface area contributed by atoms with E-state index in [-0.39, 0.29) is 6.61 Å². The number of ether oxygens (including phenoxy) is 1. The highest BCUT2D eigenvalue weighted by Crippen LogP contribution is 2.36. The van der Waals surface area contributed by atoms with E-state index in [2.05, 4.69) is 5.32 Å². The van der Waals surface area contributed by atoms with Crippen LogP contribution < -0.4 is 10.1 Å². The minimum absolute atomic E-state index is 0.266. The number of amides is 1. The lowest BCUT2D eigenvalue weighted by Crippen LogP contribution is -2.42. The van der Waals surface area contributed by atoms with Crippen molar-refractivity contribution in [1.29, 1.82) is 0 Å². The van der Waals surface area contributed by atoms with Crippen molar-refractivity contribution in [1.82, 2.24) is 5.32 Å². The van der Waals surface area contributed by atoms with Crippen molar-refractivity contribution in [2.24, 2.45) is 0 Å². The Labute approximate surface area is 114 Å². The van der Waals surface area contributed by atoms with Gasteiger partial charge in [-0.1, -0.05) is 12.1 Å². The van der Waals surface area contributed by atoms with Gasteiger partial charge in [0, 0.05) is 6.04 Å². The third kappa shape index (κ3) is 4.41. The third-order valence-corrected chi connectivity index (χ3v) is 2.53. The Bertz CT molecular complexity index is 462. The Kier molecular flexibility index (Phi) is 5.38. The largest absolute Gasteiger partial charge is 0.480 e. The van der Waals surface area contributed by atoms with Gasteiger partial charge in [-0.2, -0.15) is 13.2 Å². The van der Waals surface area contributed by atoms with Crippen molar-refractivity contribution in [3.63, 3.8) is 0 Å². The lowest BCUT2D eigenvalue weighted by Gasteiger charge is -2.19. The molecule has 2 unspecified atom stereocenters. The van der Waals surface area contributed by atoms with Gasteiger partial charge in [-0.05, 0) is 26.0 Å². The predicted molar refractivity (Wildman–Crippen MR) is 66.2 cm³/mol. The van der Waals surface area contributed by atoms with Crippen molar-refractivity contribution >= 4 is 5.91 Å². The quantitative estimate of drug-likeness (QED) is 0.872.